The Hall–Kier alpha value is -2.64. The molecule has 162 valence electrons. The molecule has 0 atom stereocenters. The molecule has 1 heterocycles. The summed E-state index contributed by atoms with van der Waals surface area (Å²) in [6.45, 7) is 7.57. The smallest absolute Gasteiger partial charge is 0.275 e. The summed E-state index contributed by atoms with van der Waals surface area (Å²) in [4.78, 5) is 15.0. The number of ether oxygens (including phenoxy) is 2. The first-order valence-corrected chi connectivity index (χ1v) is 10.4. The molecule has 1 fully saturated rings. The van der Waals surface area contributed by atoms with Gasteiger partial charge in [0.2, 0.25) is 0 Å². The Kier molecular flexibility index (Phi) is 7.65. The Morgan fingerprint density at radius 2 is 1.63 bits per heavy atom. The number of halogens is 1. The first-order chi connectivity index (χ1) is 14.5. The van der Waals surface area contributed by atoms with Gasteiger partial charge >= 0.3 is 0 Å². The topological polar surface area (TPSA) is 56.4 Å². The van der Waals surface area contributed by atoms with Crippen LogP contribution in [0.3, 0.4) is 0 Å². The van der Waals surface area contributed by atoms with Crippen molar-refractivity contribution in [1.82, 2.24) is 5.32 Å². The van der Waals surface area contributed by atoms with Gasteiger partial charge in [0.05, 0.1) is 14.2 Å². The van der Waals surface area contributed by atoms with Crippen LogP contribution in [0, 0.1) is 12.7 Å². The van der Waals surface area contributed by atoms with E-state index in [1.807, 2.05) is 6.07 Å². The molecule has 0 unspecified atom stereocenters. The molecule has 2 aromatic carbocycles. The summed E-state index contributed by atoms with van der Waals surface area (Å²) in [5, 5.41) is 2.84. The molecule has 0 spiro atoms. The van der Waals surface area contributed by atoms with Crippen molar-refractivity contribution in [3.63, 3.8) is 0 Å². The zero-order chi connectivity index (χ0) is 21.5. The molecule has 2 aromatic rings. The second-order valence-corrected chi connectivity index (χ2v) is 7.86. The first kappa shape index (κ1) is 22.1. The second-order valence-electron chi connectivity index (χ2n) is 7.86. The minimum Gasteiger partial charge on any atom is -0.493 e. The SMILES string of the molecule is COc1cc(C)c(C[NH+]2CC[NH+](CC(=O)NCc3ccccc3F)CC2)cc1OC. The maximum Gasteiger partial charge on any atom is 0.275 e. The molecular formula is C23H32FN3O3+2. The summed E-state index contributed by atoms with van der Waals surface area (Å²) < 4.78 is 24.5. The van der Waals surface area contributed by atoms with Crippen LogP contribution in [0.4, 0.5) is 4.39 Å². The second kappa shape index (κ2) is 10.4. The largest absolute Gasteiger partial charge is 0.493 e. The Morgan fingerprint density at radius 1 is 1.00 bits per heavy atom. The van der Waals surface area contributed by atoms with E-state index in [2.05, 4.69) is 18.3 Å². The zero-order valence-corrected chi connectivity index (χ0v) is 18.0. The van der Waals surface area contributed by atoms with Crippen molar-refractivity contribution in [2.45, 2.75) is 20.0 Å². The summed E-state index contributed by atoms with van der Waals surface area (Å²) in [7, 11) is 3.31. The molecular weight excluding hydrogens is 385 g/mol. The number of hydrogen-bond donors (Lipinski definition) is 3. The highest BCUT2D eigenvalue weighted by atomic mass is 19.1. The summed E-state index contributed by atoms with van der Waals surface area (Å²) in [5.41, 5.74) is 2.97. The normalized spacial score (nSPS) is 18.7. The van der Waals surface area contributed by atoms with Gasteiger partial charge in [0.25, 0.3) is 5.91 Å². The number of quaternary nitrogens is 2. The molecule has 3 rings (SSSR count). The molecule has 3 N–H and O–H groups in total. The van der Waals surface area contributed by atoms with E-state index in [1.165, 1.54) is 27.0 Å². The predicted molar refractivity (Wildman–Crippen MR) is 112 cm³/mol. The van der Waals surface area contributed by atoms with Crippen molar-refractivity contribution >= 4 is 5.91 Å². The maximum absolute atomic E-state index is 13.7. The van der Waals surface area contributed by atoms with Gasteiger partial charge in [0, 0.05) is 17.7 Å². The van der Waals surface area contributed by atoms with Crippen LogP contribution in [0.15, 0.2) is 36.4 Å². The number of aryl methyl sites for hydroxylation is 1. The molecule has 30 heavy (non-hydrogen) atoms. The number of piperazine rings is 1. The maximum atomic E-state index is 13.7. The standard InChI is InChI=1S/C23H30FN3O3/c1-17-12-21(29-2)22(30-3)13-19(17)15-26-8-10-27(11-9-26)16-23(28)25-14-18-6-4-5-7-20(18)24/h4-7,12-13H,8-11,14-16H2,1-3H3,(H,25,28)/p+2. The average molecular weight is 418 g/mol. The van der Waals surface area contributed by atoms with Crippen LogP contribution in [-0.2, 0) is 17.9 Å². The summed E-state index contributed by atoms with van der Waals surface area (Å²) in [6, 6.07) is 10.6. The molecule has 1 aliphatic heterocycles. The third kappa shape index (κ3) is 5.70. The number of carbonyl (C=O) groups is 1. The summed E-state index contributed by atoms with van der Waals surface area (Å²) in [6.07, 6.45) is 0. The molecule has 0 radical (unpaired) electrons. The summed E-state index contributed by atoms with van der Waals surface area (Å²) >= 11 is 0. The van der Waals surface area contributed by atoms with Gasteiger partial charge in [-0.15, -0.1) is 0 Å². The zero-order valence-electron chi connectivity index (χ0n) is 18.0. The molecule has 6 nitrogen and oxygen atoms in total. The van der Waals surface area contributed by atoms with Gasteiger partial charge in [0.15, 0.2) is 18.0 Å². The van der Waals surface area contributed by atoms with E-state index in [0.29, 0.717) is 12.1 Å². The van der Waals surface area contributed by atoms with Gasteiger partial charge in [-0.2, -0.15) is 0 Å². The van der Waals surface area contributed by atoms with Crippen molar-refractivity contribution in [2.24, 2.45) is 0 Å². The number of benzene rings is 2. The fourth-order valence-corrected chi connectivity index (χ4v) is 3.92. The van der Waals surface area contributed by atoms with Crippen LogP contribution >= 0.6 is 0 Å². The van der Waals surface area contributed by atoms with E-state index in [-0.39, 0.29) is 18.3 Å². The number of amides is 1. The van der Waals surface area contributed by atoms with Crippen LogP contribution in [0.25, 0.3) is 0 Å². The monoisotopic (exact) mass is 417 g/mol. The van der Waals surface area contributed by atoms with Gasteiger partial charge in [-0.1, -0.05) is 18.2 Å². The average Bonchev–Trinajstić information content (AvgIpc) is 2.75. The third-order valence-corrected chi connectivity index (χ3v) is 5.79. The molecule has 0 aromatic heterocycles. The predicted octanol–water partition coefficient (Wildman–Crippen LogP) is -0.249. The Labute approximate surface area is 177 Å². The first-order valence-electron chi connectivity index (χ1n) is 10.4. The van der Waals surface area contributed by atoms with Gasteiger partial charge in [0.1, 0.15) is 38.5 Å². The van der Waals surface area contributed by atoms with Gasteiger partial charge < -0.3 is 24.6 Å². The van der Waals surface area contributed by atoms with Crippen LogP contribution < -0.4 is 24.6 Å². The van der Waals surface area contributed by atoms with Crippen molar-refractivity contribution in [2.75, 3.05) is 46.9 Å². The van der Waals surface area contributed by atoms with E-state index in [0.717, 1.165) is 44.2 Å². The number of carbonyl (C=O) groups excluding carboxylic acids is 1. The van der Waals surface area contributed by atoms with Crippen molar-refractivity contribution in [1.29, 1.82) is 0 Å². The molecule has 0 saturated carbocycles. The fraction of sp³-hybridized carbons (Fsp3) is 0.435. The number of hydrogen-bond acceptors (Lipinski definition) is 3. The fourth-order valence-electron chi connectivity index (χ4n) is 3.92. The highest BCUT2D eigenvalue weighted by Gasteiger charge is 2.25. The van der Waals surface area contributed by atoms with Crippen LogP contribution in [0.5, 0.6) is 11.5 Å². The lowest BCUT2D eigenvalue weighted by Gasteiger charge is -2.29. The van der Waals surface area contributed by atoms with Crippen molar-refractivity contribution in [3.05, 3.63) is 58.9 Å². The summed E-state index contributed by atoms with van der Waals surface area (Å²) in [5.74, 6) is 1.19. The minimum absolute atomic E-state index is 0.0348. The lowest BCUT2D eigenvalue weighted by atomic mass is 10.1. The van der Waals surface area contributed by atoms with Crippen molar-refractivity contribution in [3.8, 4) is 11.5 Å². The molecule has 1 saturated heterocycles. The molecule has 7 heteroatoms. The van der Waals surface area contributed by atoms with E-state index in [9.17, 15) is 9.18 Å². The van der Waals surface area contributed by atoms with E-state index in [4.69, 9.17) is 9.47 Å². The number of rotatable bonds is 8. The Balaban J connectivity index is 1.46. The lowest BCUT2D eigenvalue weighted by molar-refractivity contribution is -1.02. The van der Waals surface area contributed by atoms with Crippen LogP contribution in [0.1, 0.15) is 16.7 Å². The van der Waals surface area contributed by atoms with Crippen LogP contribution in [0.2, 0.25) is 0 Å². The Bertz CT molecular complexity index is 867. The molecule has 0 aliphatic carbocycles. The molecule has 1 aliphatic rings. The van der Waals surface area contributed by atoms with E-state index < -0.39 is 0 Å². The molecule has 0 bridgehead atoms. The van der Waals surface area contributed by atoms with E-state index >= 15 is 0 Å². The third-order valence-electron chi connectivity index (χ3n) is 5.79. The quantitative estimate of drug-likeness (QED) is 0.555. The van der Waals surface area contributed by atoms with E-state index in [1.54, 1.807) is 32.4 Å². The minimum atomic E-state index is -0.284. The highest BCUT2D eigenvalue weighted by molar-refractivity contribution is 5.76. The van der Waals surface area contributed by atoms with Gasteiger partial charge in [-0.25, -0.2) is 4.39 Å². The number of nitrogens with one attached hydrogen (secondary N) is 3. The van der Waals surface area contributed by atoms with Gasteiger partial charge in [-0.05, 0) is 30.7 Å². The van der Waals surface area contributed by atoms with Gasteiger partial charge in [-0.3, -0.25) is 4.79 Å². The highest BCUT2D eigenvalue weighted by Crippen LogP contribution is 2.29. The van der Waals surface area contributed by atoms with Crippen molar-refractivity contribution < 1.29 is 28.5 Å². The van der Waals surface area contributed by atoms with Crippen LogP contribution in [-0.4, -0.2) is 52.9 Å². The number of methoxy groups -OCH3 is 2. The Morgan fingerprint density at radius 3 is 2.30 bits per heavy atom. The molecule has 1 amide bonds. The lowest BCUT2D eigenvalue weighted by Crippen LogP contribution is -3.28.